The van der Waals surface area contributed by atoms with E-state index in [2.05, 4.69) is 6.07 Å². The number of halogens is 1. The van der Waals surface area contributed by atoms with Crippen molar-refractivity contribution in [3.8, 4) is 11.8 Å². The summed E-state index contributed by atoms with van der Waals surface area (Å²) in [7, 11) is 0. The molecular weight excluding hydrogens is 409 g/mol. The van der Waals surface area contributed by atoms with Gasteiger partial charge in [0.15, 0.2) is 5.41 Å². The number of benzene rings is 2. The minimum atomic E-state index is -1.21. The van der Waals surface area contributed by atoms with Crippen molar-refractivity contribution in [3.05, 3.63) is 59.5 Å². The maximum Gasteiger partial charge on any atom is 0.326 e. The first kappa shape index (κ1) is 22.0. The number of fused-ring (bicyclic) bond motifs is 1. The lowest BCUT2D eigenvalue weighted by molar-refractivity contribution is -0.156. The number of nitrogens with zero attached hydrogens (tertiary/aromatic N) is 3. The molecule has 1 heterocycles. The van der Waals surface area contributed by atoms with Crippen molar-refractivity contribution in [3.63, 3.8) is 0 Å². The van der Waals surface area contributed by atoms with E-state index in [-0.39, 0.29) is 38.1 Å². The van der Waals surface area contributed by atoms with Gasteiger partial charge in [0.25, 0.3) is 0 Å². The van der Waals surface area contributed by atoms with Crippen LogP contribution in [0.15, 0.2) is 42.5 Å². The van der Waals surface area contributed by atoms with Crippen LogP contribution in [0, 0.1) is 22.6 Å². The second-order valence-electron chi connectivity index (χ2n) is 8.37. The van der Waals surface area contributed by atoms with E-state index in [0.29, 0.717) is 5.56 Å². The van der Waals surface area contributed by atoms with Gasteiger partial charge in [-0.3, -0.25) is 4.79 Å². The van der Waals surface area contributed by atoms with Crippen molar-refractivity contribution in [2.24, 2.45) is 5.41 Å². The number of aliphatic hydroxyl groups is 1. The molecular formula is C25H26FN3O3. The SMILES string of the molecule is CCOC(=O)C1(C#N)CCC(O)(c2ccc3c(CC)nn(-c4ccc(F)cc4)c3c2)CC1. The average molecular weight is 435 g/mol. The zero-order valence-electron chi connectivity index (χ0n) is 18.3. The van der Waals surface area contributed by atoms with Crippen LogP contribution < -0.4 is 0 Å². The summed E-state index contributed by atoms with van der Waals surface area (Å²) in [6.45, 7) is 3.96. The van der Waals surface area contributed by atoms with Crippen LogP contribution in [0.25, 0.3) is 16.6 Å². The molecule has 1 saturated carbocycles. The smallest absolute Gasteiger partial charge is 0.326 e. The van der Waals surface area contributed by atoms with Gasteiger partial charge in [0, 0.05) is 5.39 Å². The Morgan fingerprint density at radius 3 is 2.47 bits per heavy atom. The third-order valence-electron chi connectivity index (χ3n) is 6.51. The molecule has 2 aromatic carbocycles. The van der Waals surface area contributed by atoms with Crippen LogP contribution in [0.4, 0.5) is 4.39 Å². The summed E-state index contributed by atoms with van der Waals surface area (Å²) in [5.74, 6) is -0.831. The highest BCUT2D eigenvalue weighted by molar-refractivity contribution is 5.84. The quantitative estimate of drug-likeness (QED) is 0.594. The van der Waals surface area contributed by atoms with E-state index < -0.39 is 17.0 Å². The second kappa shape index (κ2) is 8.36. The molecule has 4 rings (SSSR count). The second-order valence-corrected chi connectivity index (χ2v) is 8.37. The Morgan fingerprint density at radius 2 is 1.88 bits per heavy atom. The van der Waals surface area contributed by atoms with Gasteiger partial charge in [0.1, 0.15) is 5.82 Å². The number of rotatable bonds is 5. The molecule has 0 atom stereocenters. The molecule has 6 nitrogen and oxygen atoms in total. The Bertz CT molecular complexity index is 1190. The van der Waals surface area contributed by atoms with Crippen molar-refractivity contribution in [1.29, 1.82) is 5.26 Å². The number of ether oxygens (including phenoxy) is 1. The predicted molar refractivity (Wildman–Crippen MR) is 117 cm³/mol. The minimum absolute atomic E-state index is 0.219. The molecule has 0 unspecified atom stereocenters. The van der Waals surface area contributed by atoms with Crippen LogP contribution >= 0.6 is 0 Å². The van der Waals surface area contributed by atoms with Crippen molar-refractivity contribution >= 4 is 16.9 Å². The molecule has 1 aliphatic carbocycles. The van der Waals surface area contributed by atoms with Gasteiger partial charge in [0.05, 0.1) is 35.2 Å². The highest BCUT2D eigenvalue weighted by Gasteiger charge is 2.48. The molecule has 0 spiro atoms. The van der Waals surface area contributed by atoms with Gasteiger partial charge in [-0.15, -0.1) is 0 Å². The Labute approximate surface area is 186 Å². The van der Waals surface area contributed by atoms with Gasteiger partial charge in [0.2, 0.25) is 0 Å². The maximum absolute atomic E-state index is 13.4. The zero-order valence-corrected chi connectivity index (χ0v) is 18.3. The lowest BCUT2D eigenvalue weighted by atomic mass is 9.67. The largest absolute Gasteiger partial charge is 0.465 e. The molecule has 0 saturated heterocycles. The summed E-state index contributed by atoms with van der Waals surface area (Å²) >= 11 is 0. The first-order valence-electron chi connectivity index (χ1n) is 10.9. The van der Waals surface area contributed by atoms with Crippen LogP contribution in [0.1, 0.15) is 50.8 Å². The Morgan fingerprint density at radius 1 is 1.19 bits per heavy atom. The predicted octanol–water partition coefficient (Wildman–Crippen LogP) is 4.56. The van der Waals surface area contributed by atoms with Gasteiger partial charge in [-0.1, -0.05) is 19.1 Å². The van der Waals surface area contributed by atoms with Crippen LogP contribution in [0.5, 0.6) is 0 Å². The molecule has 0 amide bonds. The topological polar surface area (TPSA) is 88.1 Å². The number of carbonyl (C=O) groups excluding carboxylic acids is 1. The summed E-state index contributed by atoms with van der Waals surface area (Å²) in [4.78, 5) is 12.4. The molecule has 0 bridgehead atoms. The summed E-state index contributed by atoms with van der Waals surface area (Å²) in [6.07, 6.45) is 1.74. The number of esters is 1. The molecule has 1 fully saturated rings. The van der Waals surface area contributed by atoms with Crippen LogP contribution in [-0.4, -0.2) is 27.5 Å². The van der Waals surface area contributed by atoms with Crippen molar-refractivity contribution in [2.45, 2.75) is 51.6 Å². The van der Waals surface area contributed by atoms with Crippen LogP contribution in [0.2, 0.25) is 0 Å². The number of aryl methyl sites for hydroxylation is 1. The monoisotopic (exact) mass is 435 g/mol. The fourth-order valence-electron chi connectivity index (χ4n) is 4.52. The summed E-state index contributed by atoms with van der Waals surface area (Å²) in [5.41, 5.74) is 0.809. The third-order valence-corrected chi connectivity index (χ3v) is 6.51. The molecule has 0 aliphatic heterocycles. The number of hydrogen-bond acceptors (Lipinski definition) is 5. The number of aromatic nitrogens is 2. The maximum atomic E-state index is 13.4. The van der Waals surface area contributed by atoms with Crippen molar-refractivity contribution in [1.82, 2.24) is 9.78 Å². The lowest BCUT2D eigenvalue weighted by Crippen LogP contribution is -2.41. The fourth-order valence-corrected chi connectivity index (χ4v) is 4.52. The lowest BCUT2D eigenvalue weighted by Gasteiger charge is -2.39. The zero-order chi connectivity index (χ0) is 22.9. The fraction of sp³-hybridized carbons (Fsp3) is 0.400. The highest BCUT2D eigenvalue weighted by Crippen LogP contribution is 2.46. The summed E-state index contributed by atoms with van der Waals surface area (Å²) in [5, 5.41) is 26.8. The highest BCUT2D eigenvalue weighted by atomic mass is 19.1. The van der Waals surface area contributed by atoms with Crippen molar-refractivity contribution in [2.75, 3.05) is 6.61 Å². The summed E-state index contributed by atoms with van der Waals surface area (Å²) < 4.78 is 20.3. The van der Waals surface area contributed by atoms with Gasteiger partial charge in [-0.05, 0) is 74.9 Å². The average Bonchev–Trinajstić information content (AvgIpc) is 3.18. The van der Waals surface area contributed by atoms with E-state index in [1.807, 2.05) is 25.1 Å². The Hall–Kier alpha value is -3.24. The van der Waals surface area contributed by atoms with E-state index in [1.54, 1.807) is 23.7 Å². The first-order valence-corrected chi connectivity index (χ1v) is 10.9. The molecule has 32 heavy (non-hydrogen) atoms. The van der Waals surface area contributed by atoms with E-state index in [0.717, 1.165) is 28.7 Å². The molecule has 3 aromatic rings. The van der Waals surface area contributed by atoms with E-state index in [4.69, 9.17) is 9.84 Å². The van der Waals surface area contributed by atoms with E-state index in [9.17, 15) is 19.6 Å². The third kappa shape index (κ3) is 3.65. The van der Waals surface area contributed by atoms with Gasteiger partial charge in [-0.25, -0.2) is 9.07 Å². The normalized spacial score (nSPS) is 23.1. The first-order chi connectivity index (χ1) is 15.4. The van der Waals surface area contributed by atoms with E-state index >= 15 is 0 Å². The summed E-state index contributed by atoms with van der Waals surface area (Å²) in [6, 6.07) is 14.0. The minimum Gasteiger partial charge on any atom is -0.465 e. The van der Waals surface area contributed by atoms with Gasteiger partial charge >= 0.3 is 5.97 Å². The Balaban J connectivity index is 1.71. The molecule has 1 aromatic heterocycles. The van der Waals surface area contributed by atoms with Crippen LogP contribution in [-0.2, 0) is 21.6 Å². The molecule has 1 N–H and O–H groups in total. The van der Waals surface area contributed by atoms with Gasteiger partial charge < -0.3 is 9.84 Å². The van der Waals surface area contributed by atoms with E-state index in [1.165, 1.54) is 12.1 Å². The molecule has 1 aliphatic rings. The Kier molecular flexibility index (Phi) is 5.74. The van der Waals surface area contributed by atoms with Crippen molar-refractivity contribution < 1.29 is 19.0 Å². The molecule has 166 valence electrons. The molecule has 7 heteroatoms. The number of carbonyl (C=O) groups is 1. The number of nitriles is 1. The van der Waals surface area contributed by atoms with Gasteiger partial charge in [-0.2, -0.15) is 10.4 Å². The van der Waals surface area contributed by atoms with Crippen LogP contribution in [0.3, 0.4) is 0 Å². The standard InChI is InChI=1S/C25H26FN3O3/c1-3-21-20-10-5-17(15-22(20)29(28-21)19-8-6-18(26)7-9-19)25(31)13-11-24(16-27,12-14-25)23(30)32-4-2/h5-10,15,31H,3-4,11-14H2,1-2H3. The number of hydrogen-bond donors (Lipinski definition) is 1. The molecule has 0 radical (unpaired) electrons.